The normalized spacial score (nSPS) is 18.8. The van der Waals surface area contributed by atoms with Gasteiger partial charge in [0.2, 0.25) is 0 Å². The molecule has 3 heterocycles. The summed E-state index contributed by atoms with van der Waals surface area (Å²) in [6.45, 7) is 6.13. The maximum absolute atomic E-state index is 5.95. The third-order valence-electron chi connectivity index (χ3n) is 3.38. The summed E-state index contributed by atoms with van der Waals surface area (Å²) in [5.74, 6) is 0.832. The average Bonchev–Trinajstić information content (AvgIpc) is 3.15. The fourth-order valence-electron chi connectivity index (χ4n) is 2.30. The molecular weight excluding hydrogens is 298 g/mol. The van der Waals surface area contributed by atoms with Gasteiger partial charge in [0.15, 0.2) is 11.5 Å². The van der Waals surface area contributed by atoms with E-state index in [1.165, 1.54) is 0 Å². The van der Waals surface area contributed by atoms with Crippen molar-refractivity contribution in [2.75, 3.05) is 13.1 Å². The molecule has 5 nitrogen and oxygen atoms in total. The summed E-state index contributed by atoms with van der Waals surface area (Å²) in [5, 5.41) is 3.14. The van der Waals surface area contributed by atoms with Gasteiger partial charge >= 0.3 is 0 Å². The third-order valence-corrected chi connectivity index (χ3v) is 4.28. The number of hydrogen-bond donors (Lipinski definition) is 0. The Bertz CT molecular complexity index is 613. The summed E-state index contributed by atoms with van der Waals surface area (Å²) >= 11 is 1.65. The van der Waals surface area contributed by atoms with E-state index in [0.717, 1.165) is 35.3 Å². The van der Waals surface area contributed by atoms with Gasteiger partial charge < -0.3 is 14.4 Å². The second-order valence-corrected chi connectivity index (χ2v) is 5.78. The molecule has 0 spiro atoms. The van der Waals surface area contributed by atoms with E-state index in [9.17, 15) is 0 Å². The number of nitrogens with zero attached hydrogens (tertiary/aromatic N) is 3. The molecule has 2 aliphatic rings. The van der Waals surface area contributed by atoms with Crippen LogP contribution in [0.25, 0.3) is 0 Å². The number of aliphatic imine (C=N–C) groups is 1. The first kappa shape index (κ1) is 15.1. The van der Waals surface area contributed by atoms with E-state index >= 15 is 0 Å². The molecule has 22 heavy (non-hydrogen) atoms. The number of thioether (sulfide) groups is 1. The van der Waals surface area contributed by atoms with Gasteiger partial charge in [0, 0.05) is 24.3 Å². The predicted octanol–water partition coefficient (Wildman–Crippen LogP) is 3.12. The third kappa shape index (κ3) is 3.34. The van der Waals surface area contributed by atoms with Crippen LogP contribution in [0.1, 0.15) is 19.4 Å². The van der Waals surface area contributed by atoms with E-state index in [1.807, 2.05) is 32.1 Å². The molecule has 1 unspecified atom stereocenters. The summed E-state index contributed by atoms with van der Waals surface area (Å²) in [6, 6.07) is 3.88. The number of allylic oxidation sites excluding steroid dienone is 1. The highest BCUT2D eigenvalue weighted by Crippen LogP contribution is 2.34. The quantitative estimate of drug-likeness (QED) is 0.596. The van der Waals surface area contributed by atoms with Gasteiger partial charge in [0.05, 0.1) is 18.8 Å². The lowest BCUT2D eigenvalue weighted by Gasteiger charge is -2.22. The van der Waals surface area contributed by atoms with Crippen LogP contribution in [-0.2, 0) is 16.1 Å². The minimum absolute atomic E-state index is 0.333. The standard InChI is InChI=1S/C16H19N3O2S/c1-3-15(14-11-22-16-18-7-8-19(14)16)21-12(2)20-10-13-5-4-6-17-9-13/h3-6,9,11-12H,7-8,10H2,1-2H3/b15-3-. The zero-order valence-electron chi connectivity index (χ0n) is 12.7. The number of aromatic nitrogens is 1. The van der Waals surface area contributed by atoms with Crippen LogP contribution in [0.5, 0.6) is 0 Å². The smallest absolute Gasteiger partial charge is 0.197 e. The zero-order valence-corrected chi connectivity index (χ0v) is 13.5. The Labute approximate surface area is 134 Å². The summed E-state index contributed by atoms with van der Waals surface area (Å²) in [7, 11) is 0. The number of ether oxygens (including phenoxy) is 2. The molecule has 0 fully saturated rings. The van der Waals surface area contributed by atoms with E-state index in [2.05, 4.69) is 20.3 Å². The Balaban J connectivity index is 1.56. The zero-order chi connectivity index (χ0) is 15.4. The maximum atomic E-state index is 5.95. The molecule has 2 aliphatic heterocycles. The van der Waals surface area contributed by atoms with Gasteiger partial charge in [-0.3, -0.25) is 9.98 Å². The molecule has 0 radical (unpaired) electrons. The molecule has 0 amide bonds. The lowest BCUT2D eigenvalue weighted by molar-refractivity contribution is -0.111. The van der Waals surface area contributed by atoms with Gasteiger partial charge in [-0.25, -0.2) is 0 Å². The fraction of sp³-hybridized carbons (Fsp3) is 0.375. The van der Waals surface area contributed by atoms with Crippen LogP contribution in [-0.4, -0.2) is 34.4 Å². The Hall–Kier alpha value is -1.79. The van der Waals surface area contributed by atoms with Crippen molar-refractivity contribution < 1.29 is 9.47 Å². The van der Waals surface area contributed by atoms with Crippen LogP contribution in [0.2, 0.25) is 0 Å². The molecule has 116 valence electrons. The van der Waals surface area contributed by atoms with Crippen molar-refractivity contribution in [2.45, 2.75) is 26.7 Å². The molecule has 0 N–H and O–H groups in total. The minimum atomic E-state index is -0.333. The van der Waals surface area contributed by atoms with Gasteiger partial charge in [-0.05, 0) is 31.6 Å². The van der Waals surface area contributed by atoms with E-state index in [0.29, 0.717) is 6.61 Å². The SMILES string of the molecule is C/C=C(\OC(C)OCc1cccnc1)C1=CSC2=NCCN12. The van der Waals surface area contributed by atoms with E-state index in [-0.39, 0.29) is 6.29 Å². The average molecular weight is 317 g/mol. The predicted molar refractivity (Wildman–Crippen MR) is 88.0 cm³/mol. The number of amidine groups is 1. The van der Waals surface area contributed by atoms with Gasteiger partial charge in [-0.15, -0.1) is 0 Å². The van der Waals surface area contributed by atoms with Gasteiger partial charge in [0.25, 0.3) is 0 Å². The molecule has 0 aromatic carbocycles. The van der Waals surface area contributed by atoms with Gasteiger partial charge in [-0.2, -0.15) is 0 Å². The summed E-state index contributed by atoms with van der Waals surface area (Å²) < 4.78 is 11.7. The van der Waals surface area contributed by atoms with Crippen LogP contribution in [0.3, 0.4) is 0 Å². The molecule has 0 aliphatic carbocycles. The highest BCUT2D eigenvalue weighted by Gasteiger charge is 2.29. The molecule has 3 rings (SSSR count). The van der Waals surface area contributed by atoms with Crippen LogP contribution in [0, 0.1) is 0 Å². The van der Waals surface area contributed by atoms with Crippen LogP contribution in [0.15, 0.2) is 52.5 Å². The molecule has 0 saturated carbocycles. The maximum Gasteiger partial charge on any atom is 0.197 e. The Morgan fingerprint density at radius 3 is 3.23 bits per heavy atom. The van der Waals surface area contributed by atoms with Crippen molar-refractivity contribution >= 4 is 16.9 Å². The monoisotopic (exact) mass is 317 g/mol. The van der Waals surface area contributed by atoms with Gasteiger partial charge in [-0.1, -0.05) is 17.8 Å². The van der Waals surface area contributed by atoms with Crippen LogP contribution in [0.4, 0.5) is 0 Å². The summed E-state index contributed by atoms with van der Waals surface area (Å²) in [5.41, 5.74) is 2.10. The molecule has 1 aromatic rings. The van der Waals surface area contributed by atoms with Gasteiger partial charge in [0.1, 0.15) is 5.76 Å². The number of hydrogen-bond acceptors (Lipinski definition) is 6. The van der Waals surface area contributed by atoms with Crippen molar-refractivity contribution in [1.82, 2.24) is 9.88 Å². The number of pyridine rings is 1. The topological polar surface area (TPSA) is 47.0 Å². The van der Waals surface area contributed by atoms with Crippen molar-refractivity contribution in [3.63, 3.8) is 0 Å². The van der Waals surface area contributed by atoms with E-state index in [4.69, 9.17) is 9.47 Å². The first-order valence-electron chi connectivity index (χ1n) is 7.30. The number of rotatable bonds is 6. The van der Waals surface area contributed by atoms with Crippen molar-refractivity contribution in [3.8, 4) is 0 Å². The lowest BCUT2D eigenvalue weighted by atomic mass is 10.3. The van der Waals surface area contributed by atoms with E-state index < -0.39 is 0 Å². The van der Waals surface area contributed by atoms with Crippen molar-refractivity contribution in [3.05, 3.63) is 53.0 Å². The second kappa shape index (κ2) is 6.98. The highest BCUT2D eigenvalue weighted by molar-refractivity contribution is 8.16. The highest BCUT2D eigenvalue weighted by atomic mass is 32.2. The largest absolute Gasteiger partial charge is 0.463 e. The summed E-state index contributed by atoms with van der Waals surface area (Å²) in [4.78, 5) is 10.7. The molecule has 6 heteroatoms. The second-order valence-electron chi connectivity index (χ2n) is 4.95. The van der Waals surface area contributed by atoms with Crippen molar-refractivity contribution in [2.24, 2.45) is 4.99 Å². The van der Waals surface area contributed by atoms with E-state index in [1.54, 1.807) is 24.2 Å². The lowest BCUT2D eigenvalue weighted by Crippen LogP contribution is -2.24. The Morgan fingerprint density at radius 1 is 1.55 bits per heavy atom. The molecule has 1 atom stereocenters. The van der Waals surface area contributed by atoms with Crippen LogP contribution < -0.4 is 0 Å². The Kier molecular flexibility index (Phi) is 4.80. The first-order chi connectivity index (χ1) is 10.8. The number of fused-ring (bicyclic) bond motifs is 1. The molecule has 1 aromatic heterocycles. The Morgan fingerprint density at radius 2 is 2.45 bits per heavy atom. The van der Waals surface area contributed by atoms with Crippen molar-refractivity contribution in [1.29, 1.82) is 0 Å². The molecule has 0 saturated heterocycles. The van der Waals surface area contributed by atoms with Crippen LogP contribution >= 0.6 is 11.8 Å². The fourth-order valence-corrected chi connectivity index (χ4v) is 3.24. The minimum Gasteiger partial charge on any atom is -0.463 e. The summed E-state index contributed by atoms with van der Waals surface area (Å²) in [6.07, 6.45) is 5.19. The first-order valence-corrected chi connectivity index (χ1v) is 8.18. The molecule has 0 bridgehead atoms. The molecular formula is C16H19N3O2S.